The van der Waals surface area contributed by atoms with Crippen molar-refractivity contribution in [2.75, 3.05) is 13.1 Å². The van der Waals surface area contributed by atoms with E-state index in [1.54, 1.807) is 0 Å². The minimum atomic E-state index is -3.47. The van der Waals surface area contributed by atoms with Gasteiger partial charge in [0, 0.05) is 13.1 Å². The normalized spacial score (nSPS) is 16.4. The van der Waals surface area contributed by atoms with Gasteiger partial charge in [0.1, 0.15) is 6.10 Å². The highest BCUT2D eigenvalue weighted by molar-refractivity contribution is 7.89. The summed E-state index contributed by atoms with van der Waals surface area (Å²) in [4.78, 5) is 12.5. The largest absolute Gasteiger partial charge is 0.454 e. The quantitative estimate of drug-likeness (QED) is 0.750. The van der Waals surface area contributed by atoms with Crippen molar-refractivity contribution in [2.24, 2.45) is 0 Å². The van der Waals surface area contributed by atoms with Gasteiger partial charge in [-0.25, -0.2) is 13.2 Å². The van der Waals surface area contributed by atoms with Crippen molar-refractivity contribution in [3.05, 3.63) is 65.2 Å². The third-order valence-corrected chi connectivity index (χ3v) is 6.54. The molecule has 1 heterocycles. The van der Waals surface area contributed by atoms with Crippen LogP contribution in [-0.4, -0.2) is 31.8 Å². The Morgan fingerprint density at radius 2 is 1.58 bits per heavy atom. The summed E-state index contributed by atoms with van der Waals surface area (Å²) in [5.74, 6) is -0.469. The summed E-state index contributed by atoms with van der Waals surface area (Å²) in [6.45, 7) is 4.92. The number of hydrogen-bond donors (Lipinski definition) is 0. The van der Waals surface area contributed by atoms with E-state index in [-0.39, 0.29) is 11.0 Å². The first-order valence-electron chi connectivity index (χ1n) is 8.76. The van der Waals surface area contributed by atoms with Crippen molar-refractivity contribution >= 4 is 16.0 Å². The molecule has 0 spiro atoms. The fourth-order valence-corrected chi connectivity index (χ4v) is 4.49. The summed E-state index contributed by atoms with van der Waals surface area (Å²) >= 11 is 0. The lowest BCUT2D eigenvalue weighted by Gasteiger charge is -2.16. The molecule has 26 heavy (non-hydrogen) atoms. The predicted octanol–water partition coefficient (Wildman–Crippen LogP) is 3.70. The standard InChI is InChI=1S/C20H23NO4S/c1-15-5-7-17(8-6-15)16(2)25-20(22)18-9-11-19(12-10-18)26(23,24)21-13-3-4-14-21/h5-12,16H,3-4,13-14H2,1-2H3/t16-/m0/s1. The SMILES string of the molecule is Cc1ccc([C@H](C)OC(=O)c2ccc(S(=O)(=O)N3CCCC3)cc2)cc1. The Labute approximate surface area is 154 Å². The van der Waals surface area contributed by atoms with Crippen LogP contribution < -0.4 is 0 Å². The van der Waals surface area contributed by atoms with E-state index in [0.717, 1.165) is 24.0 Å². The maximum Gasteiger partial charge on any atom is 0.338 e. The zero-order valence-electron chi connectivity index (χ0n) is 15.0. The molecule has 1 aliphatic rings. The number of ether oxygens (including phenoxy) is 1. The van der Waals surface area contributed by atoms with E-state index >= 15 is 0 Å². The molecule has 0 aliphatic carbocycles. The molecule has 1 atom stereocenters. The number of benzene rings is 2. The molecule has 6 heteroatoms. The molecule has 1 aliphatic heterocycles. The van der Waals surface area contributed by atoms with E-state index < -0.39 is 16.0 Å². The zero-order chi connectivity index (χ0) is 18.7. The van der Waals surface area contributed by atoms with Crippen molar-refractivity contribution in [3.63, 3.8) is 0 Å². The van der Waals surface area contributed by atoms with Gasteiger partial charge in [0.25, 0.3) is 0 Å². The van der Waals surface area contributed by atoms with Gasteiger partial charge in [-0.2, -0.15) is 4.31 Å². The number of carbonyl (C=O) groups excluding carboxylic acids is 1. The summed E-state index contributed by atoms with van der Waals surface area (Å²) in [7, 11) is -3.47. The van der Waals surface area contributed by atoms with Gasteiger partial charge >= 0.3 is 5.97 Å². The number of aryl methyl sites for hydroxylation is 1. The van der Waals surface area contributed by atoms with Crippen LogP contribution in [0.25, 0.3) is 0 Å². The highest BCUT2D eigenvalue weighted by Gasteiger charge is 2.27. The van der Waals surface area contributed by atoms with Gasteiger partial charge in [-0.15, -0.1) is 0 Å². The number of sulfonamides is 1. The highest BCUT2D eigenvalue weighted by atomic mass is 32.2. The minimum Gasteiger partial charge on any atom is -0.454 e. The van der Waals surface area contributed by atoms with Crippen LogP contribution in [0.1, 0.15) is 47.4 Å². The van der Waals surface area contributed by atoms with Gasteiger partial charge in [-0.1, -0.05) is 29.8 Å². The molecule has 0 aromatic heterocycles. The number of hydrogen-bond acceptors (Lipinski definition) is 4. The third-order valence-electron chi connectivity index (χ3n) is 4.62. The van der Waals surface area contributed by atoms with Crippen molar-refractivity contribution in [1.82, 2.24) is 4.31 Å². The molecule has 2 aromatic carbocycles. The molecule has 0 saturated carbocycles. The maximum atomic E-state index is 12.5. The zero-order valence-corrected chi connectivity index (χ0v) is 15.8. The Bertz CT molecular complexity index is 867. The van der Waals surface area contributed by atoms with Gasteiger partial charge in [0.15, 0.2) is 0 Å². The lowest BCUT2D eigenvalue weighted by molar-refractivity contribution is 0.0337. The van der Waals surface area contributed by atoms with Crippen LogP contribution in [0.2, 0.25) is 0 Å². The van der Waals surface area contributed by atoms with E-state index in [9.17, 15) is 13.2 Å². The minimum absolute atomic E-state index is 0.211. The van der Waals surface area contributed by atoms with E-state index in [1.165, 1.54) is 28.6 Å². The van der Waals surface area contributed by atoms with Crippen molar-refractivity contribution < 1.29 is 17.9 Å². The lowest BCUT2D eigenvalue weighted by Crippen LogP contribution is -2.27. The molecule has 1 fully saturated rings. The summed E-state index contributed by atoms with van der Waals surface area (Å²) in [6, 6.07) is 13.8. The van der Waals surface area contributed by atoms with Crippen LogP contribution in [-0.2, 0) is 14.8 Å². The summed E-state index contributed by atoms with van der Waals surface area (Å²) in [6.07, 6.45) is 1.40. The lowest BCUT2D eigenvalue weighted by atomic mass is 10.1. The molecular weight excluding hydrogens is 350 g/mol. The Kier molecular flexibility index (Phi) is 5.44. The van der Waals surface area contributed by atoms with E-state index in [2.05, 4.69) is 0 Å². The molecular formula is C20H23NO4S. The number of rotatable bonds is 5. The van der Waals surface area contributed by atoms with Crippen LogP contribution in [0.3, 0.4) is 0 Å². The van der Waals surface area contributed by atoms with Crippen molar-refractivity contribution in [3.8, 4) is 0 Å². The van der Waals surface area contributed by atoms with Crippen LogP contribution >= 0.6 is 0 Å². The number of carbonyl (C=O) groups is 1. The fourth-order valence-electron chi connectivity index (χ4n) is 2.97. The molecule has 0 bridgehead atoms. The summed E-state index contributed by atoms with van der Waals surface area (Å²) in [5.41, 5.74) is 2.39. The van der Waals surface area contributed by atoms with Crippen molar-refractivity contribution in [2.45, 2.75) is 37.7 Å². The summed E-state index contributed by atoms with van der Waals surface area (Å²) < 4.78 is 32.0. The fraction of sp³-hybridized carbons (Fsp3) is 0.350. The monoisotopic (exact) mass is 373 g/mol. The van der Waals surface area contributed by atoms with Gasteiger partial charge in [0.05, 0.1) is 10.5 Å². The Morgan fingerprint density at radius 3 is 2.15 bits per heavy atom. The highest BCUT2D eigenvalue weighted by Crippen LogP contribution is 2.23. The van der Waals surface area contributed by atoms with Crippen molar-refractivity contribution in [1.29, 1.82) is 0 Å². The van der Waals surface area contributed by atoms with Crippen LogP contribution in [0.15, 0.2) is 53.4 Å². The number of esters is 1. The first-order chi connectivity index (χ1) is 12.4. The van der Waals surface area contributed by atoms with Gasteiger partial charge in [-0.3, -0.25) is 0 Å². The third kappa shape index (κ3) is 3.97. The molecule has 5 nitrogen and oxygen atoms in total. The number of nitrogens with zero attached hydrogens (tertiary/aromatic N) is 1. The molecule has 0 N–H and O–H groups in total. The molecule has 1 saturated heterocycles. The Hall–Kier alpha value is -2.18. The first-order valence-corrected chi connectivity index (χ1v) is 10.2. The Balaban J connectivity index is 1.69. The first kappa shape index (κ1) is 18.6. The van der Waals surface area contributed by atoms with Gasteiger partial charge in [0.2, 0.25) is 10.0 Å². The maximum absolute atomic E-state index is 12.5. The molecule has 0 unspecified atom stereocenters. The van der Waals surface area contributed by atoms with Crippen LogP contribution in [0, 0.1) is 6.92 Å². The van der Waals surface area contributed by atoms with E-state index in [0.29, 0.717) is 18.7 Å². The van der Waals surface area contributed by atoms with E-state index in [1.807, 2.05) is 38.1 Å². The van der Waals surface area contributed by atoms with E-state index in [4.69, 9.17) is 4.74 Å². The second-order valence-corrected chi connectivity index (χ2v) is 8.53. The molecule has 2 aromatic rings. The topological polar surface area (TPSA) is 63.7 Å². The molecule has 0 amide bonds. The average molecular weight is 373 g/mol. The van der Waals surface area contributed by atoms with Crippen LogP contribution in [0.5, 0.6) is 0 Å². The second kappa shape index (κ2) is 7.60. The van der Waals surface area contributed by atoms with Crippen LogP contribution in [0.4, 0.5) is 0 Å². The predicted molar refractivity (Wildman–Crippen MR) is 99.4 cm³/mol. The summed E-state index contributed by atoms with van der Waals surface area (Å²) in [5, 5.41) is 0. The molecule has 138 valence electrons. The van der Waals surface area contributed by atoms with Gasteiger partial charge < -0.3 is 4.74 Å². The molecule has 3 rings (SSSR count). The average Bonchev–Trinajstić information content (AvgIpc) is 3.18. The smallest absolute Gasteiger partial charge is 0.338 e. The van der Waals surface area contributed by atoms with Gasteiger partial charge in [-0.05, 0) is 56.5 Å². The second-order valence-electron chi connectivity index (χ2n) is 6.59. The Morgan fingerprint density at radius 1 is 1.00 bits per heavy atom. The molecule has 0 radical (unpaired) electrons.